The highest BCUT2D eigenvalue weighted by molar-refractivity contribution is 6.42. The normalized spacial score (nSPS) is 10.5. The van der Waals surface area contributed by atoms with Crippen molar-refractivity contribution in [3.8, 4) is 0 Å². The number of aromatic nitrogens is 2. The van der Waals surface area contributed by atoms with Crippen molar-refractivity contribution >= 4 is 28.9 Å². The highest BCUT2D eigenvalue weighted by Crippen LogP contribution is 2.23. The second-order valence-electron chi connectivity index (χ2n) is 3.75. The van der Waals surface area contributed by atoms with Crippen molar-refractivity contribution in [2.45, 2.75) is 13.3 Å². The molecule has 0 aliphatic carbocycles. The minimum Gasteiger partial charge on any atom is -0.396 e. The quantitative estimate of drug-likeness (QED) is 0.909. The fourth-order valence-corrected chi connectivity index (χ4v) is 1.76. The lowest BCUT2D eigenvalue weighted by molar-refractivity contribution is 0.946. The first-order valence-corrected chi connectivity index (χ1v) is 5.84. The minimum absolute atomic E-state index is 0.538. The van der Waals surface area contributed by atoms with Gasteiger partial charge >= 0.3 is 0 Å². The third-order valence-electron chi connectivity index (χ3n) is 2.41. The Labute approximate surface area is 110 Å². The van der Waals surface area contributed by atoms with Crippen LogP contribution in [0.25, 0.3) is 0 Å². The SMILES string of the molecule is Cc1nc(Cc2ccc(Cl)c(Cl)c2)ncc1N. The van der Waals surface area contributed by atoms with E-state index in [2.05, 4.69) is 9.97 Å². The van der Waals surface area contributed by atoms with Crippen LogP contribution in [0.5, 0.6) is 0 Å². The fourth-order valence-electron chi connectivity index (χ4n) is 1.44. The van der Waals surface area contributed by atoms with Crippen LogP contribution in [0, 0.1) is 6.92 Å². The Morgan fingerprint density at radius 2 is 2.00 bits per heavy atom. The molecule has 0 fully saturated rings. The molecular formula is C12H11Cl2N3. The molecule has 0 radical (unpaired) electrons. The van der Waals surface area contributed by atoms with E-state index in [0.717, 1.165) is 17.1 Å². The zero-order chi connectivity index (χ0) is 12.4. The number of nitrogens with two attached hydrogens (primary N) is 1. The van der Waals surface area contributed by atoms with Gasteiger partial charge in [0.2, 0.25) is 0 Å². The Balaban J connectivity index is 2.25. The van der Waals surface area contributed by atoms with E-state index in [4.69, 9.17) is 28.9 Å². The molecule has 0 saturated heterocycles. The molecule has 0 aliphatic rings. The van der Waals surface area contributed by atoms with Crippen LogP contribution in [0.15, 0.2) is 24.4 Å². The van der Waals surface area contributed by atoms with Crippen molar-refractivity contribution in [1.29, 1.82) is 0 Å². The number of anilines is 1. The maximum absolute atomic E-state index is 5.94. The van der Waals surface area contributed by atoms with E-state index >= 15 is 0 Å². The lowest BCUT2D eigenvalue weighted by Gasteiger charge is -2.04. The number of nitrogen functional groups attached to an aromatic ring is 1. The van der Waals surface area contributed by atoms with Gasteiger partial charge in [-0.2, -0.15) is 0 Å². The van der Waals surface area contributed by atoms with Gasteiger partial charge in [-0.3, -0.25) is 0 Å². The van der Waals surface area contributed by atoms with E-state index in [1.807, 2.05) is 19.1 Å². The number of benzene rings is 1. The molecule has 0 amide bonds. The number of rotatable bonds is 2. The Bertz CT molecular complexity index is 506. The summed E-state index contributed by atoms with van der Waals surface area (Å²) in [7, 11) is 0. The summed E-state index contributed by atoms with van der Waals surface area (Å²) in [4.78, 5) is 8.48. The number of halogens is 2. The molecule has 0 spiro atoms. The average Bonchev–Trinajstić information content (AvgIpc) is 2.29. The molecule has 1 heterocycles. The van der Waals surface area contributed by atoms with Crippen LogP contribution in [0.2, 0.25) is 10.0 Å². The van der Waals surface area contributed by atoms with Crippen LogP contribution in [-0.2, 0) is 6.42 Å². The Morgan fingerprint density at radius 3 is 2.65 bits per heavy atom. The topological polar surface area (TPSA) is 51.8 Å². The fraction of sp³-hybridized carbons (Fsp3) is 0.167. The summed E-state index contributed by atoms with van der Waals surface area (Å²) in [5.41, 5.74) is 8.07. The summed E-state index contributed by atoms with van der Waals surface area (Å²) in [6.45, 7) is 1.86. The van der Waals surface area contributed by atoms with Gasteiger partial charge < -0.3 is 5.73 Å². The monoisotopic (exact) mass is 267 g/mol. The van der Waals surface area contributed by atoms with E-state index in [1.165, 1.54) is 0 Å². The first kappa shape index (κ1) is 12.1. The number of hydrogen-bond acceptors (Lipinski definition) is 3. The van der Waals surface area contributed by atoms with Crippen molar-refractivity contribution in [2.24, 2.45) is 0 Å². The highest BCUT2D eigenvalue weighted by Gasteiger charge is 2.04. The maximum Gasteiger partial charge on any atom is 0.133 e. The van der Waals surface area contributed by atoms with E-state index in [1.54, 1.807) is 12.3 Å². The summed E-state index contributed by atoms with van der Waals surface area (Å²) in [6, 6.07) is 5.49. The van der Waals surface area contributed by atoms with E-state index in [9.17, 15) is 0 Å². The van der Waals surface area contributed by atoms with Gasteiger partial charge in [0.1, 0.15) is 5.82 Å². The van der Waals surface area contributed by atoms with E-state index in [-0.39, 0.29) is 0 Å². The third-order valence-corrected chi connectivity index (χ3v) is 3.15. The van der Waals surface area contributed by atoms with Crippen molar-refractivity contribution in [2.75, 3.05) is 5.73 Å². The van der Waals surface area contributed by atoms with Gasteiger partial charge in [0.15, 0.2) is 0 Å². The first-order chi connectivity index (χ1) is 8.06. The molecule has 1 aromatic carbocycles. The van der Waals surface area contributed by atoms with Crippen LogP contribution in [-0.4, -0.2) is 9.97 Å². The van der Waals surface area contributed by atoms with E-state index in [0.29, 0.717) is 22.2 Å². The molecule has 2 aromatic rings. The second kappa shape index (κ2) is 4.90. The molecule has 5 heteroatoms. The van der Waals surface area contributed by atoms with Gasteiger partial charge in [-0.25, -0.2) is 9.97 Å². The minimum atomic E-state index is 0.538. The predicted octanol–water partition coefficient (Wildman–Crippen LogP) is 3.26. The van der Waals surface area contributed by atoms with Crippen molar-refractivity contribution < 1.29 is 0 Å². The van der Waals surface area contributed by atoms with Crippen LogP contribution < -0.4 is 5.73 Å². The van der Waals surface area contributed by atoms with Gasteiger partial charge in [0, 0.05) is 6.42 Å². The molecule has 0 bridgehead atoms. The van der Waals surface area contributed by atoms with Gasteiger partial charge in [-0.05, 0) is 24.6 Å². The number of nitrogens with zero attached hydrogens (tertiary/aromatic N) is 2. The van der Waals surface area contributed by atoms with Crippen molar-refractivity contribution in [1.82, 2.24) is 9.97 Å². The zero-order valence-corrected chi connectivity index (χ0v) is 10.8. The Kier molecular flexibility index (Phi) is 3.50. The molecule has 17 heavy (non-hydrogen) atoms. The second-order valence-corrected chi connectivity index (χ2v) is 4.57. The molecule has 0 saturated carbocycles. The van der Waals surface area contributed by atoms with Crippen LogP contribution >= 0.6 is 23.2 Å². The highest BCUT2D eigenvalue weighted by atomic mass is 35.5. The molecule has 2 N–H and O–H groups in total. The van der Waals surface area contributed by atoms with Crippen LogP contribution in [0.4, 0.5) is 5.69 Å². The molecule has 0 aliphatic heterocycles. The van der Waals surface area contributed by atoms with Crippen molar-refractivity contribution in [3.05, 3.63) is 51.5 Å². The molecule has 3 nitrogen and oxygen atoms in total. The van der Waals surface area contributed by atoms with Gasteiger partial charge in [0.25, 0.3) is 0 Å². The molecule has 2 rings (SSSR count). The van der Waals surface area contributed by atoms with Crippen LogP contribution in [0.3, 0.4) is 0 Å². The summed E-state index contributed by atoms with van der Waals surface area (Å²) < 4.78 is 0. The van der Waals surface area contributed by atoms with Crippen LogP contribution in [0.1, 0.15) is 17.1 Å². The molecule has 88 valence electrons. The molecule has 0 atom stereocenters. The lowest BCUT2D eigenvalue weighted by Crippen LogP contribution is -2.01. The lowest BCUT2D eigenvalue weighted by atomic mass is 10.1. The molecule has 1 aromatic heterocycles. The van der Waals surface area contributed by atoms with Gasteiger partial charge in [-0.15, -0.1) is 0 Å². The summed E-state index contributed by atoms with van der Waals surface area (Å²) in [6.07, 6.45) is 2.23. The third kappa shape index (κ3) is 2.87. The molecule has 0 unspecified atom stereocenters. The summed E-state index contributed by atoms with van der Waals surface area (Å²) in [5.74, 6) is 0.718. The smallest absolute Gasteiger partial charge is 0.133 e. The Hall–Kier alpha value is -1.32. The number of aryl methyl sites for hydroxylation is 1. The standard InChI is InChI=1S/C12H11Cl2N3/c1-7-11(15)6-16-12(17-7)5-8-2-3-9(13)10(14)4-8/h2-4,6H,5,15H2,1H3. The molecular weight excluding hydrogens is 257 g/mol. The predicted molar refractivity (Wildman–Crippen MR) is 70.4 cm³/mol. The largest absolute Gasteiger partial charge is 0.396 e. The van der Waals surface area contributed by atoms with E-state index < -0.39 is 0 Å². The van der Waals surface area contributed by atoms with Crippen molar-refractivity contribution in [3.63, 3.8) is 0 Å². The number of hydrogen-bond donors (Lipinski definition) is 1. The maximum atomic E-state index is 5.94. The van der Waals surface area contributed by atoms with Gasteiger partial charge in [0.05, 0.1) is 27.6 Å². The van der Waals surface area contributed by atoms with Gasteiger partial charge in [-0.1, -0.05) is 29.3 Å². The Morgan fingerprint density at radius 1 is 1.24 bits per heavy atom. The zero-order valence-electron chi connectivity index (χ0n) is 9.24. The average molecular weight is 268 g/mol. The summed E-state index contributed by atoms with van der Waals surface area (Å²) in [5, 5.41) is 1.08. The first-order valence-electron chi connectivity index (χ1n) is 5.08. The summed E-state index contributed by atoms with van der Waals surface area (Å²) >= 11 is 11.8.